The fraction of sp³-hybridized carbons (Fsp3) is 0.263. The number of rotatable bonds is 9. The van der Waals surface area contributed by atoms with Gasteiger partial charge in [0.25, 0.3) is 11.6 Å². The van der Waals surface area contributed by atoms with Crippen molar-refractivity contribution in [3.8, 4) is 5.75 Å². The Morgan fingerprint density at radius 3 is 2.33 bits per heavy atom. The Kier molecular flexibility index (Phi) is 7.30. The molecule has 2 rings (SSSR count). The molecule has 0 unspecified atom stereocenters. The van der Waals surface area contributed by atoms with Crippen LogP contribution in [0.5, 0.6) is 5.75 Å². The van der Waals surface area contributed by atoms with Gasteiger partial charge in [-0.1, -0.05) is 12.1 Å². The number of benzene rings is 2. The summed E-state index contributed by atoms with van der Waals surface area (Å²) < 4.78 is 5.26. The van der Waals surface area contributed by atoms with Gasteiger partial charge in [-0.15, -0.1) is 0 Å². The molecule has 27 heavy (non-hydrogen) atoms. The van der Waals surface area contributed by atoms with Gasteiger partial charge < -0.3 is 9.64 Å². The molecule has 2 aromatic rings. The first-order valence-corrected chi connectivity index (χ1v) is 8.57. The van der Waals surface area contributed by atoms with Crippen molar-refractivity contribution in [2.24, 2.45) is 5.10 Å². The third kappa shape index (κ3) is 6.10. The van der Waals surface area contributed by atoms with Crippen LogP contribution < -0.4 is 15.1 Å². The van der Waals surface area contributed by atoms with Crippen molar-refractivity contribution in [1.82, 2.24) is 5.43 Å². The molecular weight excluding hydrogens is 348 g/mol. The molecule has 0 radical (unpaired) electrons. The van der Waals surface area contributed by atoms with E-state index in [-0.39, 0.29) is 12.3 Å². The van der Waals surface area contributed by atoms with Crippen LogP contribution in [0.15, 0.2) is 53.6 Å². The molecule has 1 N–H and O–H groups in total. The van der Waals surface area contributed by atoms with E-state index in [2.05, 4.69) is 29.3 Å². The van der Waals surface area contributed by atoms with Crippen molar-refractivity contribution >= 4 is 23.5 Å². The second kappa shape index (κ2) is 9.91. The van der Waals surface area contributed by atoms with Gasteiger partial charge in [-0.25, -0.2) is 5.43 Å². The molecule has 8 heteroatoms. The molecule has 0 heterocycles. The zero-order valence-corrected chi connectivity index (χ0v) is 15.3. The SMILES string of the molecule is CCN(CC)c1ccc(/C=N/NC(=O)COc2ccc([N+](=O)[O-])cc2)cc1. The van der Waals surface area contributed by atoms with E-state index in [0.29, 0.717) is 5.75 Å². The molecule has 0 aliphatic rings. The monoisotopic (exact) mass is 370 g/mol. The van der Waals surface area contributed by atoms with E-state index in [1.165, 1.54) is 24.3 Å². The third-order valence-electron chi connectivity index (χ3n) is 3.84. The molecule has 0 saturated heterocycles. The first-order valence-electron chi connectivity index (χ1n) is 8.57. The van der Waals surface area contributed by atoms with E-state index in [0.717, 1.165) is 24.3 Å². The van der Waals surface area contributed by atoms with Crippen LogP contribution in [-0.2, 0) is 4.79 Å². The molecule has 142 valence electrons. The molecule has 0 atom stereocenters. The lowest BCUT2D eigenvalue weighted by Gasteiger charge is -2.20. The van der Waals surface area contributed by atoms with E-state index in [4.69, 9.17) is 4.74 Å². The highest BCUT2D eigenvalue weighted by molar-refractivity contribution is 5.83. The Hall–Kier alpha value is -3.42. The number of anilines is 1. The summed E-state index contributed by atoms with van der Waals surface area (Å²) in [6.07, 6.45) is 1.55. The molecular formula is C19H22N4O4. The van der Waals surface area contributed by atoms with Crippen LogP contribution in [0.4, 0.5) is 11.4 Å². The van der Waals surface area contributed by atoms with Crippen molar-refractivity contribution < 1.29 is 14.5 Å². The van der Waals surface area contributed by atoms with Gasteiger partial charge in [0, 0.05) is 30.9 Å². The number of carbonyl (C=O) groups is 1. The highest BCUT2D eigenvalue weighted by atomic mass is 16.6. The van der Waals surface area contributed by atoms with Crippen molar-refractivity contribution in [3.05, 3.63) is 64.2 Å². The molecule has 0 aromatic heterocycles. The van der Waals surface area contributed by atoms with E-state index >= 15 is 0 Å². The number of hydrazone groups is 1. The lowest BCUT2D eigenvalue weighted by Crippen LogP contribution is -2.24. The van der Waals surface area contributed by atoms with Crippen LogP contribution in [-0.4, -0.2) is 36.7 Å². The second-order valence-electron chi connectivity index (χ2n) is 5.60. The zero-order chi connectivity index (χ0) is 19.6. The van der Waals surface area contributed by atoms with E-state index in [9.17, 15) is 14.9 Å². The summed E-state index contributed by atoms with van der Waals surface area (Å²) in [4.78, 5) is 24.1. The quantitative estimate of drug-likeness (QED) is 0.416. The van der Waals surface area contributed by atoms with Crippen molar-refractivity contribution in [2.75, 3.05) is 24.6 Å². The number of hydrogen-bond donors (Lipinski definition) is 1. The van der Waals surface area contributed by atoms with Gasteiger partial charge in [0.2, 0.25) is 0 Å². The number of ether oxygens (including phenoxy) is 1. The third-order valence-corrected chi connectivity index (χ3v) is 3.84. The minimum atomic E-state index is -0.500. The van der Waals surface area contributed by atoms with Gasteiger partial charge in [-0.05, 0) is 43.7 Å². The van der Waals surface area contributed by atoms with E-state index < -0.39 is 10.8 Å². The Morgan fingerprint density at radius 1 is 1.15 bits per heavy atom. The first-order chi connectivity index (χ1) is 13.0. The molecule has 0 aliphatic carbocycles. The van der Waals surface area contributed by atoms with Crippen molar-refractivity contribution in [3.63, 3.8) is 0 Å². The minimum Gasteiger partial charge on any atom is -0.484 e. The number of nitro groups is 1. The van der Waals surface area contributed by atoms with Gasteiger partial charge >= 0.3 is 0 Å². The maximum atomic E-state index is 11.7. The molecule has 0 spiro atoms. The highest BCUT2D eigenvalue weighted by Gasteiger charge is 2.06. The van der Waals surface area contributed by atoms with Crippen LogP contribution in [0.25, 0.3) is 0 Å². The first kappa shape index (κ1) is 19.9. The Bertz CT molecular complexity index is 784. The Morgan fingerprint density at radius 2 is 1.78 bits per heavy atom. The summed E-state index contributed by atoms with van der Waals surface area (Å²) in [5.74, 6) is -0.0592. The van der Waals surface area contributed by atoms with Gasteiger partial charge in [0.05, 0.1) is 11.1 Å². The van der Waals surface area contributed by atoms with Crippen LogP contribution in [0, 0.1) is 10.1 Å². The fourth-order valence-corrected chi connectivity index (χ4v) is 2.38. The average Bonchev–Trinajstić information content (AvgIpc) is 2.69. The number of amides is 1. The summed E-state index contributed by atoms with van der Waals surface area (Å²) in [5, 5.41) is 14.5. The number of nitrogens with zero attached hydrogens (tertiary/aromatic N) is 3. The van der Waals surface area contributed by atoms with Crippen LogP contribution in [0.3, 0.4) is 0 Å². The summed E-state index contributed by atoms with van der Waals surface area (Å²) >= 11 is 0. The predicted octanol–water partition coefficient (Wildman–Crippen LogP) is 2.97. The van der Waals surface area contributed by atoms with Crippen LogP contribution in [0.2, 0.25) is 0 Å². The number of non-ortho nitro benzene ring substituents is 1. The smallest absolute Gasteiger partial charge is 0.277 e. The summed E-state index contributed by atoms with van der Waals surface area (Å²) in [6.45, 7) is 5.85. The van der Waals surface area contributed by atoms with E-state index in [1.54, 1.807) is 6.21 Å². The molecule has 0 fully saturated rings. The van der Waals surface area contributed by atoms with Gasteiger partial charge in [-0.2, -0.15) is 5.10 Å². The van der Waals surface area contributed by atoms with Gasteiger partial charge in [-0.3, -0.25) is 14.9 Å². The molecule has 1 amide bonds. The van der Waals surface area contributed by atoms with Gasteiger partial charge in [0.1, 0.15) is 5.75 Å². The average molecular weight is 370 g/mol. The molecule has 0 bridgehead atoms. The Labute approximate surface area is 157 Å². The van der Waals surface area contributed by atoms with Crippen LogP contribution >= 0.6 is 0 Å². The Balaban J connectivity index is 1.80. The maximum Gasteiger partial charge on any atom is 0.277 e. The van der Waals surface area contributed by atoms with Crippen molar-refractivity contribution in [2.45, 2.75) is 13.8 Å². The number of hydrogen-bond acceptors (Lipinski definition) is 6. The normalized spacial score (nSPS) is 10.6. The summed E-state index contributed by atoms with van der Waals surface area (Å²) in [6, 6.07) is 13.4. The molecule has 8 nitrogen and oxygen atoms in total. The van der Waals surface area contributed by atoms with E-state index in [1.807, 2.05) is 24.3 Å². The lowest BCUT2D eigenvalue weighted by atomic mass is 10.2. The predicted molar refractivity (Wildman–Crippen MR) is 104 cm³/mol. The largest absolute Gasteiger partial charge is 0.484 e. The number of nitrogens with one attached hydrogen (secondary N) is 1. The minimum absolute atomic E-state index is 0.0385. The van der Waals surface area contributed by atoms with Crippen molar-refractivity contribution in [1.29, 1.82) is 0 Å². The molecule has 0 saturated carbocycles. The lowest BCUT2D eigenvalue weighted by molar-refractivity contribution is -0.384. The summed E-state index contributed by atoms with van der Waals surface area (Å²) in [5.41, 5.74) is 4.34. The number of carbonyl (C=O) groups excluding carboxylic acids is 1. The molecule has 0 aliphatic heterocycles. The second-order valence-corrected chi connectivity index (χ2v) is 5.60. The van der Waals surface area contributed by atoms with Gasteiger partial charge in [0.15, 0.2) is 6.61 Å². The fourth-order valence-electron chi connectivity index (χ4n) is 2.38. The highest BCUT2D eigenvalue weighted by Crippen LogP contribution is 2.17. The molecule has 2 aromatic carbocycles. The standard InChI is InChI=1S/C19H22N4O4/c1-3-22(4-2)16-7-5-15(6-8-16)13-20-21-19(24)14-27-18-11-9-17(10-12-18)23(25)26/h5-13H,3-4,14H2,1-2H3,(H,21,24)/b20-13+. The number of nitro benzene ring substituents is 1. The maximum absolute atomic E-state index is 11.7. The zero-order valence-electron chi connectivity index (χ0n) is 15.3. The van der Waals surface area contributed by atoms with Crippen LogP contribution in [0.1, 0.15) is 19.4 Å². The topological polar surface area (TPSA) is 97.1 Å². The summed E-state index contributed by atoms with van der Waals surface area (Å²) in [7, 11) is 0.